The Morgan fingerprint density at radius 2 is 1.86 bits per heavy atom. The van der Waals surface area contributed by atoms with Crippen LogP contribution in [0.15, 0.2) is 71.9 Å². The van der Waals surface area contributed by atoms with Crippen LogP contribution < -0.4 is 5.69 Å². The summed E-state index contributed by atoms with van der Waals surface area (Å²) >= 11 is 0. The molecule has 9 nitrogen and oxygen atoms in total. The molecule has 36 heavy (non-hydrogen) atoms. The molecule has 0 unspecified atom stereocenters. The van der Waals surface area contributed by atoms with E-state index in [1.54, 1.807) is 10.8 Å². The van der Waals surface area contributed by atoms with Crippen LogP contribution in [-0.4, -0.2) is 39.3 Å². The highest BCUT2D eigenvalue weighted by atomic mass is 16.1. The van der Waals surface area contributed by atoms with Gasteiger partial charge in [0.25, 0.3) is 0 Å². The van der Waals surface area contributed by atoms with Gasteiger partial charge < -0.3 is 4.57 Å². The van der Waals surface area contributed by atoms with Crippen LogP contribution in [-0.2, 0) is 13.0 Å². The smallest absolute Gasteiger partial charge is 0.332 e. The Kier molecular flexibility index (Phi) is 6.62. The van der Waals surface area contributed by atoms with Crippen LogP contribution in [0.25, 0.3) is 28.3 Å². The zero-order valence-corrected chi connectivity index (χ0v) is 20.8. The second-order valence-electron chi connectivity index (χ2n) is 9.18. The van der Waals surface area contributed by atoms with Crippen molar-refractivity contribution < 1.29 is 0 Å². The van der Waals surface area contributed by atoms with Gasteiger partial charge in [0.05, 0.1) is 12.2 Å². The predicted octanol–water partition coefficient (Wildman–Crippen LogP) is 4.65. The van der Waals surface area contributed by atoms with Crippen molar-refractivity contribution in [3.8, 4) is 28.3 Å². The number of imidazole rings is 1. The van der Waals surface area contributed by atoms with Crippen LogP contribution in [0.4, 0.5) is 0 Å². The highest BCUT2D eigenvalue weighted by molar-refractivity contribution is 5.70. The van der Waals surface area contributed by atoms with Gasteiger partial charge in [0.2, 0.25) is 5.82 Å². The van der Waals surface area contributed by atoms with Gasteiger partial charge in [0.15, 0.2) is 0 Å². The third kappa shape index (κ3) is 4.64. The molecule has 0 spiro atoms. The van der Waals surface area contributed by atoms with Gasteiger partial charge in [0, 0.05) is 35.9 Å². The van der Waals surface area contributed by atoms with E-state index in [1.165, 1.54) is 0 Å². The number of hydrogen-bond donors (Lipinski definition) is 1. The van der Waals surface area contributed by atoms with Crippen molar-refractivity contribution in [2.24, 2.45) is 0 Å². The second kappa shape index (κ2) is 10.2. The summed E-state index contributed by atoms with van der Waals surface area (Å²) in [6.07, 6.45) is 8.72. The van der Waals surface area contributed by atoms with Crippen LogP contribution >= 0.6 is 0 Å². The van der Waals surface area contributed by atoms with Gasteiger partial charge >= 0.3 is 5.69 Å². The second-order valence-corrected chi connectivity index (χ2v) is 9.18. The number of nitrogens with zero attached hydrogens (tertiary/aromatic N) is 7. The first kappa shape index (κ1) is 23.5. The number of aromatic nitrogens is 8. The van der Waals surface area contributed by atoms with Crippen molar-refractivity contribution in [2.75, 3.05) is 0 Å². The fourth-order valence-corrected chi connectivity index (χ4v) is 4.47. The summed E-state index contributed by atoms with van der Waals surface area (Å²) in [5.41, 5.74) is 4.71. The lowest BCUT2D eigenvalue weighted by Crippen LogP contribution is -2.26. The molecule has 0 fully saturated rings. The Balaban J connectivity index is 1.50. The quantitative estimate of drug-likeness (QED) is 0.330. The number of H-pyrrole nitrogens is 1. The molecule has 1 aromatic carbocycles. The monoisotopic (exact) mass is 482 g/mol. The molecule has 9 heteroatoms. The average molecular weight is 483 g/mol. The largest absolute Gasteiger partial charge is 0.334 e. The Labute approximate surface area is 209 Å². The molecular weight excluding hydrogens is 452 g/mol. The van der Waals surface area contributed by atoms with E-state index in [0.717, 1.165) is 53.2 Å². The molecule has 184 valence electrons. The van der Waals surface area contributed by atoms with Gasteiger partial charge in [-0.05, 0) is 73.4 Å². The molecule has 0 atom stereocenters. The lowest BCUT2D eigenvalue weighted by Gasteiger charge is -2.12. The Morgan fingerprint density at radius 1 is 1.03 bits per heavy atom. The van der Waals surface area contributed by atoms with Crippen molar-refractivity contribution in [1.82, 2.24) is 39.3 Å². The van der Waals surface area contributed by atoms with Gasteiger partial charge in [0.1, 0.15) is 5.82 Å². The summed E-state index contributed by atoms with van der Waals surface area (Å²) in [7, 11) is 0. The van der Waals surface area contributed by atoms with Gasteiger partial charge in [-0.3, -0.25) is 14.1 Å². The fraction of sp³-hybridized carbons (Fsp3) is 0.296. The van der Waals surface area contributed by atoms with Gasteiger partial charge in [-0.15, -0.1) is 10.2 Å². The van der Waals surface area contributed by atoms with Crippen molar-refractivity contribution in [2.45, 2.75) is 52.6 Å². The van der Waals surface area contributed by atoms with Crippen LogP contribution in [0, 0.1) is 0 Å². The molecule has 0 amide bonds. The Bertz CT molecular complexity index is 1510. The summed E-state index contributed by atoms with van der Waals surface area (Å²) in [5.74, 6) is 1.43. The molecule has 1 N–H and O–H groups in total. The number of benzene rings is 1. The average Bonchev–Trinajstić information content (AvgIpc) is 3.65. The molecule has 4 heterocycles. The summed E-state index contributed by atoms with van der Waals surface area (Å²) in [6.45, 7) is 6.81. The lowest BCUT2D eigenvalue weighted by atomic mass is 10.0. The first-order valence-corrected chi connectivity index (χ1v) is 12.3. The number of nitrogens with one attached hydrogen (secondary N) is 1. The predicted molar refractivity (Wildman–Crippen MR) is 139 cm³/mol. The first-order chi connectivity index (χ1) is 17.5. The molecule has 0 radical (unpaired) electrons. The van der Waals surface area contributed by atoms with Crippen LogP contribution in [0.2, 0.25) is 0 Å². The first-order valence-electron chi connectivity index (χ1n) is 12.3. The number of hydrogen-bond acceptors (Lipinski definition) is 5. The molecule has 0 saturated carbocycles. The minimum absolute atomic E-state index is 0.0481. The Morgan fingerprint density at radius 3 is 2.64 bits per heavy atom. The molecular formula is C27H30N8O. The Hall–Kier alpha value is -4.27. The topological polar surface area (TPSA) is 99.2 Å². The van der Waals surface area contributed by atoms with Crippen molar-refractivity contribution >= 4 is 0 Å². The highest BCUT2D eigenvalue weighted by Gasteiger charge is 2.17. The lowest BCUT2D eigenvalue weighted by molar-refractivity contribution is 0.583. The van der Waals surface area contributed by atoms with Gasteiger partial charge in [-0.2, -0.15) is 5.21 Å². The van der Waals surface area contributed by atoms with E-state index in [-0.39, 0.29) is 11.7 Å². The zero-order chi connectivity index (χ0) is 25.1. The third-order valence-corrected chi connectivity index (χ3v) is 6.34. The van der Waals surface area contributed by atoms with Crippen molar-refractivity contribution in [3.05, 3.63) is 89.0 Å². The van der Waals surface area contributed by atoms with E-state index >= 15 is 0 Å². The molecule has 5 aromatic rings. The van der Waals surface area contributed by atoms with E-state index in [4.69, 9.17) is 0 Å². The molecule has 4 aromatic heterocycles. The van der Waals surface area contributed by atoms with Crippen molar-refractivity contribution in [3.63, 3.8) is 0 Å². The molecule has 0 saturated heterocycles. The number of unbranched alkanes of at least 4 members (excludes halogenated alkanes) is 1. The maximum Gasteiger partial charge on any atom is 0.334 e. The maximum atomic E-state index is 13.6. The summed E-state index contributed by atoms with van der Waals surface area (Å²) in [6, 6.07) is 16.2. The minimum atomic E-state index is -0.0481. The molecule has 0 aliphatic carbocycles. The van der Waals surface area contributed by atoms with Gasteiger partial charge in [-0.25, -0.2) is 4.79 Å². The normalized spacial score (nSPS) is 11.4. The van der Waals surface area contributed by atoms with Crippen LogP contribution in [0.1, 0.15) is 51.0 Å². The van der Waals surface area contributed by atoms with E-state index < -0.39 is 0 Å². The molecule has 0 bridgehead atoms. The zero-order valence-electron chi connectivity index (χ0n) is 20.8. The van der Waals surface area contributed by atoms with Crippen LogP contribution in [0.3, 0.4) is 0 Å². The maximum absolute atomic E-state index is 13.6. The summed E-state index contributed by atoms with van der Waals surface area (Å²) in [4.78, 5) is 18.2. The van der Waals surface area contributed by atoms with E-state index in [2.05, 4.69) is 50.9 Å². The van der Waals surface area contributed by atoms with Crippen LogP contribution in [0.5, 0.6) is 0 Å². The summed E-state index contributed by atoms with van der Waals surface area (Å²) in [5, 5.41) is 14.3. The van der Waals surface area contributed by atoms with E-state index in [0.29, 0.717) is 12.4 Å². The van der Waals surface area contributed by atoms with Crippen molar-refractivity contribution in [1.29, 1.82) is 0 Å². The molecule has 0 aliphatic heterocycles. The number of aromatic amines is 1. The number of tetrazole rings is 1. The highest BCUT2D eigenvalue weighted by Crippen LogP contribution is 2.25. The fourth-order valence-electron chi connectivity index (χ4n) is 4.47. The van der Waals surface area contributed by atoms with E-state index in [9.17, 15) is 4.79 Å². The molecule has 5 rings (SSSR count). The number of rotatable bonds is 9. The number of pyridine rings is 1. The molecule has 0 aliphatic rings. The van der Waals surface area contributed by atoms with E-state index in [1.807, 2.05) is 65.5 Å². The third-order valence-electron chi connectivity index (χ3n) is 6.34. The standard InChI is InChI=1S/C27H30N8O/c1-4-5-10-24-18-35(25-11-7-14-33(25)19(2)3)27(36)34(24)17-23-16-21(12-13-28-23)20-8-6-9-22(15-20)26-29-31-32-30-26/h6-9,11-16,18-19H,4-5,10,17H2,1-3H3,(H,29,30,31,32). The number of aryl methyl sites for hydroxylation is 1. The summed E-state index contributed by atoms with van der Waals surface area (Å²) < 4.78 is 5.74. The SMILES string of the molecule is CCCCc1cn(-c2cccn2C(C)C)c(=O)n1Cc1cc(-c2cccc(-c3nn[nH]n3)c2)ccn1. The minimum Gasteiger partial charge on any atom is -0.332 e. The van der Waals surface area contributed by atoms with Gasteiger partial charge in [-0.1, -0.05) is 31.5 Å².